The van der Waals surface area contributed by atoms with Crippen molar-refractivity contribution in [1.29, 1.82) is 0 Å². The van der Waals surface area contributed by atoms with Gasteiger partial charge in [-0.15, -0.1) is 0 Å². The average Bonchev–Trinajstić information content (AvgIpc) is 2.64. The largest absolute Gasteiger partial charge is 0.464 e. The number of benzene rings is 1. The molecule has 1 heterocycles. The molecule has 4 nitrogen and oxygen atoms in total. The minimum absolute atomic E-state index is 0.465. The molecule has 1 N–H and O–H groups in total. The Morgan fingerprint density at radius 2 is 2.29 bits per heavy atom. The standard InChI is InChI=1S/C10H9NO3/c1-11-10(12)14-8-3-2-7-4-5-13-9(7)6-8/h2-6H,1H3,(H,11,12). The zero-order chi connectivity index (χ0) is 9.97. The molecule has 0 bridgehead atoms. The maximum atomic E-state index is 10.9. The molecule has 0 aliphatic carbocycles. The highest BCUT2D eigenvalue weighted by atomic mass is 16.6. The van der Waals surface area contributed by atoms with Gasteiger partial charge < -0.3 is 14.5 Å². The monoisotopic (exact) mass is 191 g/mol. The molecule has 0 atom stereocenters. The molecule has 0 aliphatic heterocycles. The van der Waals surface area contributed by atoms with Crippen molar-refractivity contribution < 1.29 is 13.9 Å². The van der Waals surface area contributed by atoms with E-state index in [9.17, 15) is 4.79 Å². The topological polar surface area (TPSA) is 51.5 Å². The van der Waals surface area contributed by atoms with Crippen molar-refractivity contribution in [3.63, 3.8) is 0 Å². The first-order valence-corrected chi connectivity index (χ1v) is 4.16. The number of hydrogen-bond acceptors (Lipinski definition) is 3. The lowest BCUT2D eigenvalue weighted by atomic mass is 10.2. The molecule has 0 unspecified atom stereocenters. The molecule has 1 amide bonds. The summed E-state index contributed by atoms with van der Waals surface area (Å²) in [5.74, 6) is 0.465. The van der Waals surface area contributed by atoms with Crippen LogP contribution < -0.4 is 10.1 Å². The molecule has 0 saturated heterocycles. The molecule has 2 aromatic rings. The smallest absolute Gasteiger partial charge is 0.412 e. The highest BCUT2D eigenvalue weighted by Gasteiger charge is 2.03. The number of hydrogen-bond donors (Lipinski definition) is 1. The van der Waals surface area contributed by atoms with Crippen molar-refractivity contribution in [3.05, 3.63) is 30.5 Å². The van der Waals surface area contributed by atoms with Crippen LogP contribution in [0.4, 0.5) is 4.79 Å². The normalized spacial score (nSPS) is 10.1. The van der Waals surface area contributed by atoms with Crippen LogP contribution in [0.3, 0.4) is 0 Å². The second-order valence-corrected chi connectivity index (χ2v) is 2.76. The Kier molecular flexibility index (Phi) is 2.10. The van der Waals surface area contributed by atoms with Crippen molar-refractivity contribution in [2.24, 2.45) is 0 Å². The SMILES string of the molecule is CNC(=O)Oc1ccc2ccoc2c1. The molecule has 0 aliphatic rings. The zero-order valence-electron chi connectivity index (χ0n) is 7.61. The van der Waals surface area contributed by atoms with Crippen LogP contribution in [0.25, 0.3) is 11.0 Å². The minimum atomic E-state index is -0.490. The van der Waals surface area contributed by atoms with Crippen molar-refractivity contribution in [2.75, 3.05) is 7.05 Å². The number of nitrogens with one attached hydrogen (secondary N) is 1. The van der Waals surface area contributed by atoms with E-state index < -0.39 is 6.09 Å². The molecular weight excluding hydrogens is 182 g/mol. The van der Waals surface area contributed by atoms with E-state index in [0.717, 1.165) is 5.39 Å². The number of carbonyl (C=O) groups excluding carboxylic acids is 1. The van der Waals surface area contributed by atoms with Crippen molar-refractivity contribution in [1.82, 2.24) is 5.32 Å². The summed E-state index contributed by atoms with van der Waals surface area (Å²) in [4.78, 5) is 10.9. The summed E-state index contributed by atoms with van der Waals surface area (Å²) in [6.45, 7) is 0. The van der Waals surface area contributed by atoms with Crippen LogP contribution >= 0.6 is 0 Å². The van der Waals surface area contributed by atoms with Gasteiger partial charge in [-0.25, -0.2) is 4.79 Å². The maximum Gasteiger partial charge on any atom is 0.412 e. The number of rotatable bonds is 1. The van der Waals surface area contributed by atoms with Crippen molar-refractivity contribution >= 4 is 17.1 Å². The van der Waals surface area contributed by atoms with Crippen LogP contribution in [-0.2, 0) is 0 Å². The fourth-order valence-corrected chi connectivity index (χ4v) is 1.16. The Hall–Kier alpha value is -1.97. The predicted molar refractivity (Wildman–Crippen MR) is 51.3 cm³/mol. The van der Waals surface area contributed by atoms with Crippen LogP contribution in [0.1, 0.15) is 0 Å². The molecular formula is C10H9NO3. The van der Waals surface area contributed by atoms with E-state index >= 15 is 0 Å². The third-order valence-electron chi connectivity index (χ3n) is 1.84. The lowest BCUT2D eigenvalue weighted by Gasteiger charge is -2.01. The van der Waals surface area contributed by atoms with Gasteiger partial charge in [-0.3, -0.25) is 0 Å². The van der Waals surface area contributed by atoms with Gasteiger partial charge in [-0.05, 0) is 18.2 Å². The third kappa shape index (κ3) is 1.54. The van der Waals surface area contributed by atoms with Crippen molar-refractivity contribution in [3.8, 4) is 5.75 Å². The molecule has 4 heteroatoms. The number of furan rings is 1. The number of carbonyl (C=O) groups is 1. The Morgan fingerprint density at radius 1 is 1.43 bits per heavy atom. The highest BCUT2D eigenvalue weighted by Crippen LogP contribution is 2.21. The molecule has 0 fully saturated rings. The van der Waals surface area contributed by atoms with Gasteiger partial charge in [0.1, 0.15) is 11.3 Å². The molecule has 0 saturated carbocycles. The summed E-state index contributed by atoms with van der Waals surface area (Å²) in [5.41, 5.74) is 0.700. The van der Waals surface area contributed by atoms with Gasteiger partial charge in [-0.1, -0.05) is 0 Å². The van der Waals surface area contributed by atoms with E-state index in [-0.39, 0.29) is 0 Å². The summed E-state index contributed by atoms with van der Waals surface area (Å²) >= 11 is 0. The first-order chi connectivity index (χ1) is 6.79. The average molecular weight is 191 g/mol. The minimum Gasteiger partial charge on any atom is -0.464 e. The molecule has 1 aromatic heterocycles. The van der Waals surface area contributed by atoms with E-state index in [2.05, 4.69) is 5.32 Å². The molecule has 72 valence electrons. The molecule has 2 rings (SSSR count). The second kappa shape index (κ2) is 3.41. The highest BCUT2D eigenvalue weighted by molar-refractivity contribution is 5.79. The third-order valence-corrected chi connectivity index (χ3v) is 1.84. The van der Waals surface area contributed by atoms with Crippen LogP contribution in [-0.4, -0.2) is 13.1 Å². The molecule has 1 aromatic carbocycles. The lowest BCUT2D eigenvalue weighted by molar-refractivity contribution is 0.203. The van der Waals surface area contributed by atoms with E-state index in [1.54, 1.807) is 18.4 Å². The van der Waals surface area contributed by atoms with Gasteiger partial charge in [0.25, 0.3) is 0 Å². The summed E-state index contributed by atoms with van der Waals surface area (Å²) in [7, 11) is 1.51. The van der Waals surface area contributed by atoms with Gasteiger partial charge in [0.15, 0.2) is 0 Å². The van der Waals surface area contributed by atoms with Crippen molar-refractivity contribution in [2.45, 2.75) is 0 Å². The van der Waals surface area contributed by atoms with E-state index in [1.165, 1.54) is 7.05 Å². The molecule has 0 spiro atoms. The predicted octanol–water partition coefficient (Wildman–Crippen LogP) is 2.15. The fourth-order valence-electron chi connectivity index (χ4n) is 1.16. The molecule has 0 radical (unpaired) electrons. The van der Waals surface area contributed by atoms with E-state index in [1.807, 2.05) is 12.1 Å². The number of fused-ring (bicyclic) bond motifs is 1. The first kappa shape index (κ1) is 8.62. The van der Waals surface area contributed by atoms with Gasteiger partial charge in [0, 0.05) is 18.5 Å². The van der Waals surface area contributed by atoms with E-state index in [4.69, 9.17) is 9.15 Å². The maximum absolute atomic E-state index is 10.9. The van der Waals surface area contributed by atoms with Gasteiger partial charge in [-0.2, -0.15) is 0 Å². The zero-order valence-corrected chi connectivity index (χ0v) is 7.61. The lowest BCUT2D eigenvalue weighted by Crippen LogP contribution is -2.21. The Labute approximate surface area is 80.5 Å². The second-order valence-electron chi connectivity index (χ2n) is 2.76. The van der Waals surface area contributed by atoms with E-state index in [0.29, 0.717) is 11.3 Å². The van der Waals surface area contributed by atoms with Gasteiger partial charge in [0.2, 0.25) is 0 Å². The number of ether oxygens (including phenoxy) is 1. The van der Waals surface area contributed by atoms with Crippen LogP contribution in [0.5, 0.6) is 5.75 Å². The van der Waals surface area contributed by atoms with Crippen LogP contribution in [0, 0.1) is 0 Å². The summed E-state index contributed by atoms with van der Waals surface area (Å²) < 4.78 is 10.1. The quantitative estimate of drug-likeness (QED) is 0.751. The summed E-state index contributed by atoms with van der Waals surface area (Å²) in [5, 5.41) is 3.34. The summed E-state index contributed by atoms with van der Waals surface area (Å²) in [6, 6.07) is 7.06. The fraction of sp³-hybridized carbons (Fsp3) is 0.100. The summed E-state index contributed by atoms with van der Waals surface area (Å²) in [6.07, 6.45) is 1.10. The van der Waals surface area contributed by atoms with Crippen LogP contribution in [0.2, 0.25) is 0 Å². The Bertz CT molecular complexity index is 461. The molecule has 14 heavy (non-hydrogen) atoms. The Balaban J connectivity index is 2.30. The van der Waals surface area contributed by atoms with Crippen LogP contribution in [0.15, 0.2) is 34.9 Å². The Morgan fingerprint density at radius 3 is 3.07 bits per heavy atom. The van der Waals surface area contributed by atoms with Gasteiger partial charge >= 0.3 is 6.09 Å². The number of amides is 1. The first-order valence-electron chi connectivity index (χ1n) is 4.16. The van der Waals surface area contributed by atoms with Gasteiger partial charge in [0.05, 0.1) is 6.26 Å².